The molecule has 8 nitrogen and oxygen atoms in total. The van der Waals surface area contributed by atoms with Crippen LogP contribution in [0.5, 0.6) is 5.75 Å². The normalized spacial score (nSPS) is 13.6. The third kappa shape index (κ3) is 5.70. The zero-order valence-corrected chi connectivity index (χ0v) is 22.8. The van der Waals surface area contributed by atoms with Gasteiger partial charge in [0, 0.05) is 34.5 Å². The van der Waals surface area contributed by atoms with E-state index in [-0.39, 0.29) is 6.10 Å². The first kappa shape index (κ1) is 25.4. The second-order valence-corrected chi connectivity index (χ2v) is 11.9. The Morgan fingerprint density at radius 2 is 2.00 bits per heavy atom. The lowest BCUT2D eigenvalue weighted by molar-refractivity contribution is 0.130. The largest absolute Gasteiger partial charge is 0.493 e. The average Bonchev–Trinajstić information content (AvgIpc) is 3.36. The van der Waals surface area contributed by atoms with Crippen molar-refractivity contribution in [3.05, 3.63) is 47.5 Å². The summed E-state index contributed by atoms with van der Waals surface area (Å²) in [5.41, 5.74) is 11.3. The Morgan fingerprint density at radius 1 is 1.22 bits per heavy atom. The lowest BCUT2D eigenvalue weighted by Crippen LogP contribution is -2.18. The van der Waals surface area contributed by atoms with Gasteiger partial charge in [-0.25, -0.2) is 4.79 Å². The number of hydrogen-bond donors (Lipinski definition) is 2. The number of fused-ring (bicyclic) bond motifs is 1. The van der Waals surface area contributed by atoms with Crippen molar-refractivity contribution in [2.75, 3.05) is 23.4 Å². The summed E-state index contributed by atoms with van der Waals surface area (Å²) in [6.45, 7) is 6.18. The Balaban J connectivity index is 1.37. The number of nitrogen functional groups attached to an aromatic ring is 1. The van der Waals surface area contributed by atoms with Crippen molar-refractivity contribution in [2.24, 2.45) is 0 Å². The predicted molar refractivity (Wildman–Crippen MR) is 151 cm³/mol. The summed E-state index contributed by atoms with van der Waals surface area (Å²) in [5.74, 6) is 1.63. The minimum absolute atomic E-state index is 0.176. The molecule has 2 heterocycles. The molecule has 0 unspecified atom stereocenters. The number of nitrogens with two attached hydrogens (primary N) is 1. The van der Waals surface area contributed by atoms with E-state index in [0.717, 1.165) is 61.5 Å². The summed E-state index contributed by atoms with van der Waals surface area (Å²) in [4.78, 5) is 12.0. The summed E-state index contributed by atoms with van der Waals surface area (Å²) in [6, 6.07) is 14.3. The van der Waals surface area contributed by atoms with Crippen molar-refractivity contribution in [3.8, 4) is 17.0 Å². The molecule has 1 amide bonds. The molecule has 0 atom stereocenters. The van der Waals surface area contributed by atoms with Gasteiger partial charge in [-0.15, -0.1) is 10.2 Å². The van der Waals surface area contributed by atoms with E-state index in [2.05, 4.69) is 32.2 Å². The number of benzene rings is 2. The van der Waals surface area contributed by atoms with Crippen LogP contribution in [0.25, 0.3) is 22.2 Å². The van der Waals surface area contributed by atoms with Crippen LogP contribution in [-0.4, -0.2) is 39.3 Å². The second kappa shape index (κ2) is 11.0. The molecule has 10 heteroatoms. The summed E-state index contributed by atoms with van der Waals surface area (Å²) >= 11 is 3.26. The van der Waals surface area contributed by atoms with Gasteiger partial charge in [-0.2, -0.15) is 0 Å². The minimum Gasteiger partial charge on any atom is -0.493 e. The number of aromatic nitrogens is 3. The molecule has 1 aliphatic rings. The van der Waals surface area contributed by atoms with E-state index < -0.39 is 6.09 Å². The van der Waals surface area contributed by atoms with Gasteiger partial charge < -0.3 is 19.8 Å². The third-order valence-corrected chi connectivity index (χ3v) is 8.22. The number of carbonyl (C=O) groups is 1. The number of ether oxygens (including phenoxy) is 2. The topological polar surface area (TPSA) is 104 Å². The lowest BCUT2D eigenvalue weighted by atomic mass is 9.92. The number of anilines is 2. The number of thioether (sulfide) groups is 1. The number of aryl methyl sites for hydroxylation is 1. The quantitative estimate of drug-likeness (QED) is 0.177. The van der Waals surface area contributed by atoms with Gasteiger partial charge in [-0.3, -0.25) is 5.32 Å². The SMILES string of the molecule is Cc1nnc(SCCOc2ccc3c(N)c(-c4ccc(NC(=O)OC(C)C)cc4)n(C4CCC4)c3c2)s1. The maximum atomic E-state index is 12.0. The van der Waals surface area contributed by atoms with E-state index in [4.69, 9.17) is 15.2 Å². The van der Waals surface area contributed by atoms with Crippen LogP contribution < -0.4 is 15.8 Å². The maximum Gasteiger partial charge on any atom is 0.411 e. The van der Waals surface area contributed by atoms with E-state index in [0.29, 0.717) is 18.3 Å². The van der Waals surface area contributed by atoms with E-state index in [1.165, 1.54) is 6.42 Å². The number of hydrogen-bond acceptors (Lipinski definition) is 8. The molecule has 5 rings (SSSR count). The van der Waals surface area contributed by atoms with Crippen LogP contribution in [0.1, 0.15) is 44.2 Å². The van der Waals surface area contributed by atoms with Crippen molar-refractivity contribution in [3.63, 3.8) is 0 Å². The fourth-order valence-electron chi connectivity index (χ4n) is 4.42. The molecular weight excluding hydrogens is 506 g/mol. The third-order valence-electron chi connectivity index (χ3n) is 6.29. The molecule has 0 saturated heterocycles. The van der Waals surface area contributed by atoms with Gasteiger partial charge in [0.2, 0.25) is 0 Å². The van der Waals surface area contributed by atoms with Gasteiger partial charge in [0.25, 0.3) is 0 Å². The first-order chi connectivity index (χ1) is 17.9. The Hall–Kier alpha value is -3.24. The smallest absolute Gasteiger partial charge is 0.411 e. The molecule has 194 valence electrons. The van der Waals surface area contributed by atoms with Gasteiger partial charge in [-0.1, -0.05) is 35.2 Å². The summed E-state index contributed by atoms with van der Waals surface area (Å²) in [6.07, 6.45) is 2.82. The van der Waals surface area contributed by atoms with Gasteiger partial charge in [0.1, 0.15) is 10.8 Å². The van der Waals surface area contributed by atoms with Gasteiger partial charge in [0.15, 0.2) is 4.34 Å². The zero-order valence-electron chi connectivity index (χ0n) is 21.2. The number of nitrogens with one attached hydrogen (secondary N) is 1. The number of nitrogens with zero attached hydrogens (tertiary/aromatic N) is 3. The standard InChI is InChI=1S/C27H31N5O3S2/c1-16(2)35-26(33)29-19-9-7-18(8-10-19)25-24(28)22-12-11-21(15-23(22)32(25)20-5-4-6-20)34-13-14-36-27-31-30-17(3)37-27/h7-12,15-16,20H,4-6,13-14,28H2,1-3H3,(H,29,33). The number of carbonyl (C=O) groups excluding carboxylic acids is 1. The fourth-order valence-corrected chi connectivity index (χ4v) is 6.13. The van der Waals surface area contributed by atoms with Crippen molar-refractivity contribution >= 4 is 51.5 Å². The van der Waals surface area contributed by atoms with E-state index in [9.17, 15) is 4.79 Å². The molecule has 0 bridgehead atoms. The fraction of sp³-hybridized carbons (Fsp3) is 0.370. The van der Waals surface area contributed by atoms with E-state index >= 15 is 0 Å². The first-order valence-electron chi connectivity index (χ1n) is 12.5. The Kier molecular flexibility index (Phi) is 7.57. The molecule has 0 radical (unpaired) electrons. The van der Waals surface area contributed by atoms with Crippen LogP contribution in [-0.2, 0) is 4.74 Å². The number of amides is 1. The minimum atomic E-state index is -0.463. The average molecular weight is 538 g/mol. The van der Waals surface area contributed by atoms with Gasteiger partial charge in [-0.05, 0) is 64.3 Å². The van der Waals surface area contributed by atoms with Crippen molar-refractivity contribution in [1.29, 1.82) is 0 Å². The van der Waals surface area contributed by atoms with Crippen LogP contribution in [0.2, 0.25) is 0 Å². The van der Waals surface area contributed by atoms with Crippen LogP contribution in [0, 0.1) is 6.92 Å². The molecular formula is C27H31N5O3S2. The molecule has 1 saturated carbocycles. The summed E-state index contributed by atoms with van der Waals surface area (Å²) in [5, 5.41) is 13.0. The molecule has 37 heavy (non-hydrogen) atoms. The van der Waals surface area contributed by atoms with Crippen LogP contribution >= 0.6 is 23.1 Å². The van der Waals surface area contributed by atoms with Gasteiger partial charge >= 0.3 is 6.09 Å². The molecule has 0 spiro atoms. The molecule has 4 aromatic rings. The Bertz CT molecular complexity index is 1390. The zero-order chi connectivity index (χ0) is 25.9. The Labute approximate surface area is 224 Å². The van der Waals surface area contributed by atoms with Gasteiger partial charge in [0.05, 0.1) is 29.6 Å². The summed E-state index contributed by atoms with van der Waals surface area (Å²) in [7, 11) is 0. The monoisotopic (exact) mass is 537 g/mol. The molecule has 1 aliphatic carbocycles. The summed E-state index contributed by atoms with van der Waals surface area (Å²) < 4.78 is 14.6. The van der Waals surface area contributed by atoms with Crippen molar-refractivity contribution in [2.45, 2.75) is 56.5 Å². The van der Waals surface area contributed by atoms with E-state index in [1.54, 1.807) is 23.1 Å². The molecule has 1 fully saturated rings. The van der Waals surface area contributed by atoms with Crippen molar-refractivity contribution < 1.29 is 14.3 Å². The second-order valence-electron chi connectivity index (χ2n) is 9.34. The number of rotatable bonds is 9. The van der Waals surface area contributed by atoms with Crippen LogP contribution in [0.15, 0.2) is 46.8 Å². The van der Waals surface area contributed by atoms with Crippen LogP contribution in [0.4, 0.5) is 16.2 Å². The molecule has 3 N–H and O–H groups in total. The first-order valence-corrected chi connectivity index (χ1v) is 14.3. The van der Waals surface area contributed by atoms with Crippen LogP contribution in [0.3, 0.4) is 0 Å². The molecule has 0 aliphatic heterocycles. The Morgan fingerprint density at radius 3 is 2.65 bits per heavy atom. The lowest BCUT2D eigenvalue weighted by Gasteiger charge is -2.30. The highest BCUT2D eigenvalue weighted by Gasteiger charge is 2.27. The molecule has 2 aromatic carbocycles. The van der Waals surface area contributed by atoms with E-state index in [1.807, 2.05) is 51.1 Å². The molecule has 2 aromatic heterocycles. The highest BCUT2D eigenvalue weighted by Crippen LogP contribution is 2.45. The van der Waals surface area contributed by atoms with Crippen molar-refractivity contribution in [1.82, 2.24) is 14.8 Å². The maximum absolute atomic E-state index is 12.0. The highest BCUT2D eigenvalue weighted by atomic mass is 32.2. The highest BCUT2D eigenvalue weighted by molar-refractivity contribution is 8.01. The predicted octanol–water partition coefficient (Wildman–Crippen LogP) is 6.90.